The Morgan fingerprint density at radius 2 is 1.63 bits per heavy atom. The number of unbranched alkanes of at least 4 members (excludes halogenated alkanes) is 6. The van der Waals surface area contributed by atoms with E-state index in [-0.39, 0.29) is 74.5 Å². The van der Waals surface area contributed by atoms with Gasteiger partial charge in [0.1, 0.15) is 17.5 Å². The minimum Gasteiger partial charge on any atom is -0.496 e. The monoisotopic (exact) mass is 1220 g/mol. The molecule has 1 aliphatic heterocycles. The van der Waals surface area contributed by atoms with E-state index in [1.165, 1.54) is 42.0 Å². The van der Waals surface area contributed by atoms with Crippen molar-refractivity contribution >= 4 is 50.2 Å². The summed E-state index contributed by atoms with van der Waals surface area (Å²) in [5.74, 6) is 1.24. The van der Waals surface area contributed by atoms with Crippen LogP contribution in [-0.4, -0.2) is 130 Å². The molecule has 3 aromatic carbocycles. The number of ether oxygens (including phenoxy) is 3. The number of anilines is 1. The second-order valence-corrected chi connectivity index (χ2v) is 25.2. The summed E-state index contributed by atoms with van der Waals surface area (Å²) in [5.41, 5.74) is 11.5. The lowest BCUT2D eigenvalue weighted by atomic mass is 9.45. The molecule has 3 heterocycles. The molecule has 2 bridgehead atoms. The van der Waals surface area contributed by atoms with Gasteiger partial charge in [0.15, 0.2) is 5.52 Å². The maximum Gasteiger partial charge on any atom is 0.300 e. The number of hydrogen-bond acceptors (Lipinski definition) is 19. The molecule has 3 aliphatic carbocycles. The molecule has 1 unspecified atom stereocenters. The molecule has 4 N–H and O–H groups in total. The van der Waals surface area contributed by atoms with Crippen LogP contribution < -0.4 is 36.3 Å². The first-order valence-corrected chi connectivity index (χ1v) is 31.0. The number of nitro groups is 1. The highest BCUT2D eigenvalue weighted by atomic mass is 32.2. The molecule has 0 spiro atoms. The van der Waals surface area contributed by atoms with Gasteiger partial charge in [-0.2, -0.15) is 5.11 Å². The fraction of sp³-hybridized carbons (Fsp3) is 0.533. The van der Waals surface area contributed by atoms with Crippen LogP contribution in [0.25, 0.3) is 21.5 Å². The number of carbonyl (C=O) groups excluding carboxylic acids is 3. The summed E-state index contributed by atoms with van der Waals surface area (Å²) in [6.45, 7) is 12.3. The zero-order valence-corrected chi connectivity index (χ0v) is 51.0. The standard InChI is InChI=1S/C60H78N14O12S/c1-59(2,23-12-8-10-14-25-66-70-61)42-32-50(83-5)54(51(33-42)84-6)45-31-41(46-34-47(45)60(46,3)4)35-64-52(75)18-11-7-9-13-24-63-58(78)40-19-22-53(76)73(37-40)87(81,82)44-17-15-16-39(30-44)57(77)65-36-43-38-72(71-67-43)27-29-85-28-26-62-48-20-21-49(74(79)80)56-55(48)68-86-69-56/h15-17,19-22,30-33,37,43,45-47,62H,7-14,18,23-29,34-36,38H2,1-6H3,(H,63,78)(H,64,75)(H,65,77)/t43?,45-,46+,47-/m0/s1. The summed E-state index contributed by atoms with van der Waals surface area (Å²) in [7, 11) is -1.12. The van der Waals surface area contributed by atoms with E-state index in [2.05, 4.69) is 102 Å². The number of rotatable bonds is 34. The Bertz CT molecular complexity index is 3550. The topological polar surface area (TPSA) is 342 Å². The van der Waals surface area contributed by atoms with Crippen LogP contribution in [0.4, 0.5) is 11.4 Å². The smallest absolute Gasteiger partial charge is 0.300 e. The fourth-order valence-corrected chi connectivity index (χ4v) is 13.1. The van der Waals surface area contributed by atoms with Crippen LogP contribution in [0.3, 0.4) is 0 Å². The Labute approximate surface area is 505 Å². The van der Waals surface area contributed by atoms with Gasteiger partial charge in [0.05, 0.1) is 61.6 Å². The minimum atomic E-state index is -4.54. The van der Waals surface area contributed by atoms with E-state index in [4.69, 9.17) is 19.7 Å². The summed E-state index contributed by atoms with van der Waals surface area (Å²) >= 11 is 0. The van der Waals surface area contributed by atoms with Gasteiger partial charge in [0.2, 0.25) is 11.4 Å². The number of benzene rings is 3. The largest absolute Gasteiger partial charge is 0.496 e. The van der Waals surface area contributed by atoms with Gasteiger partial charge in [-0.05, 0) is 119 Å². The lowest BCUT2D eigenvalue weighted by molar-refractivity contribution is -0.383. The molecule has 0 radical (unpaired) electrons. The number of carbonyl (C=O) groups is 3. The van der Waals surface area contributed by atoms with Crippen molar-refractivity contribution < 1.29 is 46.6 Å². The van der Waals surface area contributed by atoms with E-state index in [0.29, 0.717) is 86.7 Å². The molecule has 1 saturated carbocycles. The molecular formula is C60H78N14O12S. The van der Waals surface area contributed by atoms with E-state index in [1.54, 1.807) is 19.2 Å². The number of non-ortho nitro benzene ring substituents is 1. The predicted molar refractivity (Wildman–Crippen MR) is 324 cm³/mol. The molecule has 4 atom stereocenters. The number of aromatic nitrogens is 3. The third-order valence-electron chi connectivity index (χ3n) is 17.0. The number of nitro benzene ring substituents is 1. The number of nitrogens with one attached hydrogen (secondary N) is 4. The molecule has 9 rings (SSSR count). The molecule has 4 aliphatic rings. The van der Waals surface area contributed by atoms with Gasteiger partial charge in [-0.3, -0.25) is 34.3 Å². The quantitative estimate of drug-likeness (QED) is 0.00567. The normalized spacial score (nSPS) is 17.6. The number of azide groups is 1. The third-order valence-corrected chi connectivity index (χ3v) is 18.6. The third kappa shape index (κ3) is 15.8. The Morgan fingerprint density at radius 3 is 2.38 bits per heavy atom. The Balaban J connectivity index is 0.734. The van der Waals surface area contributed by atoms with Crippen molar-refractivity contribution in [2.75, 3.05) is 78.6 Å². The molecular weight excluding hydrogens is 1140 g/mol. The SMILES string of the molecule is COc1cc(C(C)(C)CCCCCCN=[N+]=[N-])cc(OC)c1[C@H]1C=C(CNC(=O)CCCCCCNC(=O)c2ccc(=O)n(S(=O)(=O)c3cccc(C(=O)NCC4CN(CCOCCNc5ccc([N+](=O)[O-])c6nonc56)N=N4)c3)c2)[C@H]2C[C@@H]1C2(C)C. The van der Waals surface area contributed by atoms with E-state index in [1.807, 2.05) is 0 Å². The minimum absolute atomic E-state index is 0.0175. The van der Waals surface area contributed by atoms with Crippen molar-refractivity contribution in [3.05, 3.63) is 132 Å². The first-order chi connectivity index (χ1) is 41.8. The summed E-state index contributed by atoms with van der Waals surface area (Å²) < 4.78 is 50.8. The van der Waals surface area contributed by atoms with Crippen LogP contribution in [0, 0.1) is 27.4 Å². The van der Waals surface area contributed by atoms with Crippen molar-refractivity contribution in [2.45, 2.75) is 121 Å². The highest BCUT2D eigenvalue weighted by Gasteiger charge is 2.56. The van der Waals surface area contributed by atoms with Crippen molar-refractivity contribution in [3.63, 3.8) is 0 Å². The molecule has 27 heteroatoms. The lowest BCUT2D eigenvalue weighted by Gasteiger charge is -2.59. The average Bonchev–Trinajstić information content (AvgIpc) is 1.11. The predicted octanol–water partition coefficient (Wildman–Crippen LogP) is 9.18. The molecule has 2 aromatic heterocycles. The molecule has 87 heavy (non-hydrogen) atoms. The van der Waals surface area contributed by atoms with Crippen LogP contribution in [-0.2, 0) is 25.0 Å². The van der Waals surface area contributed by atoms with Crippen molar-refractivity contribution in [1.82, 2.24) is 35.2 Å². The summed E-state index contributed by atoms with van der Waals surface area (Å²) in [6, 6.07) is 14.3. The van der Waals surface area contributed by atoms with Crippen LogP contribution in [0.2, 0.25) is 0 Å². The summed E-state index contributed by atoms with van der Waals surface area (Å²) in [5, 5.41) is 44.1. The van der Waals surface area contributed by atoms with Gasteiger partial charge in [0.25, 0.3) is 27.4 Å². The second-order valence-electron chi connectivity index (χ2n) is 23.4. The summed E-state index contributed by atoms with van der Waals surface area (Å²) in [6.07, 6.45) is 12.4. The Morgan fingerprint density at radius 1 is 0.897 bits per heavy atom. The van der Waals surface area contributed by atoms with Gasteiger partial charge in [-0.15, -0.1) is 0 Å². The average molecular weight is 1220 g/mol. The zero-order chi connectivity index (χ0) is 62.3. The van der Waals surface area contributed by atoms with Crippen LogP contribution in [0.5, 0.6) is 11.5 Å². The zero-order valence-electron chi connectivity index (χ0n) is 50.2. The number of methoxy groups -OCH3 is 2. The van der Waals surface area contributed by atoms with Crippen molar-refractivity contribution in [3.8, 4) is 11.5 Å². The number of hydrogen-bond donors (Lipinski definition) is 4. The van der Waals surface area contributed by atoms with Crippen LogP contribution in [0.1, 0.15) is 136 Å². The highest BCUT2D eigenvalue weighted by molar-refractivity contribution is 7.90. The molecule has 3 amide bonds. The van der Waals surface area contributed by atoms with Crippen molar-refractivity contribution in [2.24, 2.45) is 32.7 Å². The fourth-order valence-electron chi connectivity index (χ4n) is 11.8. The second kappa shape index (κ2) is 29.3. The maximum absolute atomic E-state index is 13.8. The lowest BCUT2D eigenvalue weighted by Crippen LogP contribution is -2.52. The van der Waals surface area contributed by atoms with E-state index >= 15 is 0 Å². The van der Waals surface area contributed by atoms with E-state index in [9.17, 15) is 37.7 Å². The van der Waals surface area contributed by atoms with E-state index < -0.39 is 32.3 Å². The summed E-state index contributed by atoms with van der Waals surface area (Å²) in [4.78, 5) is 65.9. The van der Waals surface area contributed by atoms with Crippen molar-refractivity contribution in [1.29, 1.82) is 0 Å². The number of pyridine rings is 1. The van der Waals surface area contributed by atoms with E-state index in [0.717, 1.165) is 92.3 Å². The van der Waals surface area contributed by atoms with Gasteiger partial charge >= 0.3 is 5.69 Å². The van der Waals surface area contributed by atoms with Crippen LogP contribution >= 0.6 is 0 Å². The number of fused-ring (bicyclic) bond motifs is 2. The first-order valence-electron chi connectivity index (χ1n) is 29.5. The molecule has 1 fully saturated rings. The molecule has 5 aromatic rings. The maximum atomic E-state index is 13.8. The molecule has 26 nitrogen and oxygen atoms in total. The number of amides is 3. The number of nitrogens with zero attached hydrogens (tertiary/aromatic N) is 10. The van der Waals surface area contributed by atoms with Gasteiger partial charge in [-0.25, -0.2) is 17.0 Å². The Kier molecular flexibility index (Phi) is 21.8. The highest BCUT2D eigenvalue weighted by Crippen LogP contribution is 2.65. The Hall–Kier alpha value is -8.42. The molecule has 0 saturated heterocycles. The number of allylic oxidation sites excluding steroid dienone is 1. The van der Waals surface area contributed by atoms with Crippen LogP contribution in [0.15, 0.2) is 108 Å². The molecule has 466 valence electrons. The van der Waals surface area contributed by atoms with Gasteiger partial charge in [0, 0.05) is 79.4 Å². The van der Waals surface area contributed by atoms with Gasteiger partial charge < -0.3 is 35.5 Å². The first kappa shape index (κ1) is 64.6. The van der Waals surface area contributed by atoms with Gasteiger partial charge in [-0.1, -0.05) is 87.9 Å².